The zero-order valence-electron chi connectivity index (χ0n) is 17.7. The van der Waals surface area contributed by atoms with Gasteiger partial charge in [0.15, 0.2) is 0 Å². The molecule has 0 saturated carbocycles. The molecule has 33 heavy (non-hydrogen) atoms. The maximum absolute atomic E-state index is 5.90. The number of benzene rings is 4. The van der Waals surface area contributed by atoms with Crippen LogP contribution in [0.2, 0.25) is 0 Å². The van der Waals surface area contributed by atoms with Gasteiger partial charge in [-0.15, -0.1) is 0 Å². The summed E-state index contributed by atoms with van der Waals surface area (Å²) >= 11 is -1.56. The van der Waals surface area contributed by atoms with Crippen LogP contribution in [0.1, 0.15) is 11.1 Å². The van der Waals surface area contributed by atoms with Crippen LogP contribution in [0.4, 0.5) is 0 Å². The number of rotatable bonds is 10. The molecule has 0 saturated heterocycles. The van der Waals surface area contributed by atoms with Gasteiger partial charge in [0.05, 0.1) is 0 Å². The van der Waals surface area contributed by atoms with Crippen LogP contribution in [0, 0.1) is 0 Å². The topological polar surface area (TPSA) is 36.9 Å². The molecule has 0 atom stereocenters. The Morgan fingerprint density at radius 2 is 0.848 bits per heavy atom. The average Bonchev–Trinajstić information content (AvgIpc) is 2.83. The van der Waals surface area contributed by atoms with Crippen LogP contribution in [0.3, 0.4) is 0 Å². The van der Waals surface area contributed by atoms with E-state index in [-0.39, 0.29) is 24.8 Å². The molecule has 0 spiro atoms. The normalized spacial score (nSPS) is 9.45. The first-order chi connectivity index (χ1) is 15.3. The minimum absolute atomic E-state index is 0. The van der Waals surface area contributed by atoms with Crippen LogP contribution in [0.5, 0.6) is 23.0 Å². The van der Waals surface area contributed by atoms with Crippen molar-refractivity contribution in [2.24, 2.45) is 0 Å². The summed E-state index contributed by atoms with van der Waals surface area (Å²) in [5.41, 5.74) is 2.26. The molecule has 0 unspecified atom stereocenters. The Morgan fingerprint density at radius 1 is 0.455 bits per heavy atom. The number of ether oxygens (including phenoxy) is 2. The Morgan fingerprint density at radius 3 is 1.27 bits per heavy atom. The third-order valence-electron chi connectivity index (χ3n) is 4.43. The molecule has 0 radical (unpaired) electrons. The van der Waals surface area contributed by atoms with Crippen LogP contribution in [-0.2, 0) is 37.3 Å². The van der Waals surface area contributed by atoms with Crippen molar-refractivity contribution in [1.82, 2.24) is 0 Å². The maximum atomic E-state index is 5.90. The van der Waals surface area contributed by atoms with E-state index in [2.05, 4.69) is 0 Å². The molecule has 0 aliphatic heterocycles. The summed E-state index contributed by atoms with van der Waals surface area (Å²) in [6, 6.07) is 35.5. The van der Waals surface area contributed by atoms with Gasteiger partial charge < -0.3 is 24.8 Å². The van der Waals surface area contributed by atoms with Crippen molar-refractivity contribution in [1.29, 1.82) is 0 Å². The molecule has 4 aromatic rings. The Balaban J connectivity index is 0.00000193. The SMILES string of the molecule is [Cl-].[Cl-].c1ccc(COc2cccc([O][Zr+2][O]c3cccc(OCc4ccccc4)c3)c2)cc1. The van der Waals surface area contributed by atoms with Crippen molar-refractivity contribution >= 4 is 0 Å². The van der Waals surface area contributed by atoms with E-state index in [4.69, 9.17) is 15.1 Å². The number of hydrogen-bond donors (Lipinski definition) is 0. The third kappa shape index (κ3) is 9.13. The Bertz CT molecular complexity index is 995. The number of halogens is 2. The van der Waals surface area contributed by atoms with Gasteiger partial charge in [-0.1, -0.05) is 0 Å². The van der Waals surface area contributed by atoms with Crippen molar-refractivity contribution in [2.75, 3.05) is 0 Å². The van der Waals surface area contributed by atoms with Crippen LogP contribution in [-0.4, -0.2) is 0 Å². The molecule has 4 nitrogen and oxygen atoms in total. The molecule has 0 amide bonds. The second-order valence-corrected chi connectivity index (χ2v) is 8.20. The van der Waals surface area contributed by atoms with Crippen molar-refractivity contribution < 1.29 is 64.0 Å². The molecule has 0 heterocycles. The Labute approximate surface area is 219 Å². The molecule has 7 heteroatoms. The van der Waals surface area contributed by atoms with Gasteiger partial charge in [-0.2, -0.15) is 0 Å². The van der Waals surface area contributed by atoms with Gasteiger partial charge in [0.25, 0.3) is 0 Å². The van der Waals surface area contributed by atoms with Gasteiger partial charge in [0.1, 0.15) is 0 Å². The third-order valence-corrected chi connectivity index (χ3v) is 6.00. The van der Waals surface area contributed by atoms with Gasteiger partial charge in [-0.3, -0.25) is 0 Å². The van der Waals surface area contributed by atoms with E-state index in [0.29, 0.717) is 13.2 Å². The van der Waals surface area contributed by atoms with Gasteiger partial charge in [-0.25, -0.2) is 0 Å². The van der Waals surface area contributed by atoms with Crippen LogP contribution in [0.25, 0.3) is 0 Å². The molecule has 0 bridgehead atoms. The molecule has 168 valence electrons. The first kappa shape index (κ1) is 26.8. The molecular formula is C26H22Cl2O4Zr. The molecule has 0 aromatic heterocycles. The molecular weight excluding hydrogens is 538 g/mol. The summed E-state index contributed by atoms with van der Waals surface area (Å²) < 4.78 is 23.5. The van der Waals surface area contributed by atoms with E-state index in [0.717, 1.165) is 34.1 Å². The van der Waals surface area contributed by atoms with Gasteiger partial charge in [0, 0.05) is 0 Å². The quantitative estimate of drug-likeness (QED) is 0.278. The molecule has 0 N–H and O–H groups in total. The van der Waals surface area contributed by atoms with E-state index >= 15 is 0 Å². The van der Waals surface area contributed by atoms with E-state index in [1.807, 2.05) is 109 Å². The monoisotopic (exact) mass is 558 g/mol. The second kappa shape index (κ2) is 14.6. The predicted molar refractivity (Wildman–Crippen MR) is 116 cm³/mol. The predicted octanol–water partition coefficient (Wildman–Crippen LogP) is 0.223. The molecule has 0 aliphatic rings. The zero-order chi connectivity index (χ0) is 21.1. The summed E-state index contributed by atoms with van der Waals surface area (Å²) in [5.74, 6) is 3.07. The van der Waals surface area contributed by atoms with Gasteiger partial charge in [-0.05, 0) is 0 Å². The second-order valence-electron chi connectivity index (χ2n) is 6.79. The number of hydrogen-bond acceptors (Lipinski definition) is 4. The summed E-state index contributed by atoms with van der Waals surface area (Å²) in [4.78, 5) is 0. The fourth-order valence-electron chi connectivity index (χ4n) is 2.85. The van der Waals surface area contributed by atoms with Crippen molar-refractivity contribution in [2.45, 2.75) is 13.2 Å². The first-order valence-electron chi connectivity index (χ1n) is 9.97. The van der Waals surface area contributed by atoms with Crippen molar-refractivity contribution in [3.8, 4) is 23.0 Å². The Kier molecular flexibility index (Phi) is 11.9. The summed E-state index contributed by atoms with van der Waals surface area (Å²) in [6.07, 6.45) is 0. The molecule has 0 aliphatic carbocycles. The van der Waals surface area contributed by atoms with Gasteiger partial charge in [0.2, 0.25) is 0 Å². The van der Waals surface area contributed by atoms with E-state index < -0.39 is 24.1 Å². The minimum atomic E-state index is -1.56. The van der Waals surface area contributed by atoms with Crippen LogP contribution >= 0.6 is 0 Å². The first-order valence-corrected chi connectivity index (χ1v) is 12.0. The summed E-state index contributed by atoms with van der Waals surface area (Å²) in [5, 5.41) is 0. The summed E-state index contributed by atoms with van der Waals surface area (Å²) in [6.45, 7) is 1.05. The van der Waals surface area contributed by atoms with E-state index in [1.165, 1.54) is 0 Å². The van der Waals surface area contributed by atoms with Crippen LogP contribution in [0.15, 0.2) is 109 Å². The Hall–Kier alpha value is -2.46. The summed E-state index contributed by atoms with van der Waals surface area (Å²) in [7, 11) is 0. The fraction of sp³-hybridized carbons (Fsp3) is 0.0769. The standard InChI is InChI=1S/2C13H12O2.2ClH.Zr/c2*14-12-7-4-8-13(9-12)15-10-11-5-2-1-3-6-11;;;/h2*1-9,14H,10H2;2*1H;/q;;;;+4/p-4. The fourth-order valence-corrected chi connectivity index (χ4v) is 4.05. The molecule has 0 fully saturated rings. The van der Waals surface area contributed by atoms with Gasteiger partial charge >= 0.3 is 196 Å². The van der Waals surface area contributed by atoms with E-state index in [1.54, 1.807) is 0 Å². The van der Waals surface area contributed by atoms with Crippen LogP contribution < -0.4 is 39.9 Å². The molecule has 4 rings (SSSR count). The molecule has 4 aromatic carbocycles. The van der Waals surface area contributed by atoms with E-state index in [9.17, 15) is 0 Å². The average molecular weight is 561 g/mol. The van der Waals surface area contributed by atoms with Crippen molar-refractivity contribution in [3.63, 3.8) is 0 Å². The zero-order valence-corrected chi connectivity index (χ0v) is 21.7. The van der Waals surface area contributed by atoms with Crippen molar-refractivity contribution in [3.05, 3.63) is 120 Å².